The van der Waals surface area contributed by atoms with E-state index < -0.39 is 0 Å². The van der Waals surface area contributed by atoms with Crippen LogP contribution in [0.3, 0.4) is 0 Å². The van der Waals surface area contributed by atoms with Crippen LogP contribution in [0.2, 0.25) is 0 Å². The van der Waals surface area contributed by atoms with Gasteiger partial charge in [0.1, 0.15) is 0 Å². The number of aliphatic imine (C=N–C) groups is 1. The second kappa shape index (κ2) is 5.95. The number of guanidine groups is 1. The molecular weight excluding hydrogens is 254 g/mol. The van der Waals surface area contributed by atoms with E-state index >= 15 is 0 Å². The standard InChI is InChI=1S/C15H23N3S/c1-16-15(17-9-13-3-2-8-19-13)18-10-14(11-4-5-11)12-6-7-12/h2-3,8,11-12,14H,4-7,9-10H2,1H3,(H2,16,17,18). The van der Waals surface area contributed by atoms with Crippen LogP contribution in [-0.4, -0.2) is 19.6 Å². The second-order valence-electron chi connectivity index (χ2n) is 5.72. The van der Waals surface area contributed by atoms with E-state index in [4.69, 9.17) is 0 Å². The van der Waals surface area contributed by atoms with Crippen molar-refractivity contribution in [1.29, 1.82) is 0 Å². The average Bonchev–Trinajstić information content (AvgIpc) is 3.35. The van der Waals surface area contributed by atoms with Crippen molar-refractivity contribution in [2.45, 2.75) is 32.2 Å². The van der Waals surface area contributed by atoms with Gasteiger partial charge in [-0.1, -0.05) is 6.07 Å². The maximum Gasteiger partial charge on any atom is 0.191 e. The Morgan fingerprint density at radius 1 is 1.32 bits per heavy atom. The maximum atomic E-state index is 4.32. The molecule has 0 saturated heterocycles. The van der Waals surface area contributed by atoms with Gasteiger partial charge in [-0.15, -0.1) is 11.3 Å². The SMILES string of the molecule is CN=C(NCc1cccs1)NCC(C1CC1)C1CC1. The van der Waals surface area contributed by atoms with E-state index in [2.05, 4.69) is 33.1 Å². The summed E-state index contributed by atoms with van der Waals surface area (Å²) in [6.45, 7) is 1.97. The van der Waals surface area contributed by atoms with Crippen molar-refractivity contribution in [3.05, 3.63) is 22.4 Å². The zero-order valence-corrected chi connectivity index (χ0v) is 12.4. The summed E-state index contributed by atoms with van der Waals surface area (Å²) in [7, 11) is 1.85. The van der Waals surface area contributed by atoms with Crippen LogP contribution < -0.4 is 10.6 Å². The van der Waals surface area contributed by atoms with E-state index in [-0.39, 0.29) is 0 Å². The Morgan fingerprint density at radius 3 is 2.58 bits per heavy atom. The summed E-state index contributed by atoms with van der Waals surface area (Å²) in [6, 6.07) is 4.25. The van der Waals surface area contributed by atoms with E-state index in [0.29, 0.717) is 0 Å². The molecule has 4 heteroatoms. The first-order valence-corrected chi connectivity index (χ1v) is 8.21. The van der Waals surface area contributed by atoms with Crippen LogP contribution in [0.25, 0.3) is 0 Å². The third kappa shape index (κ3) is 3.72. The van der Waals surface area contributed by atoms with E-state index in [0.717, 1.165) is 36.8 Å². The molecule has 2 aliphatic rings. The van der Waals surface area contributed by atoms with Crippen LogP contribution in [0, 0.1) is 17.8 Å². The van der Waals surface area contributed by atoms with Crippen molar-refractivity contribution in [1.82, 2.24) is 10.6 Å². The van der Waals surface area contributed by atoms with E-state index in [9.17, 15) is 0 Å². The Balaban J connectivity index is 1.44. The number of hydrogen-bond donors (Lipinski definition) is 2. The van der Waals surface area contributed by atoms with Crippen molar-refractivity contribution >= 4 is 17.3 Å². The highest BCUT2D eigenvalue weighted by Gasteiger charge is 2.41. The lowest BCUT2D eigenvalue weighted by Gasteiger charge is -2.18. The summed E-state index contributed by atoms with van der Waals surface area (Å²) >= 11 is 1.78. The molecule has 3 nitrogen and oxygen atoms in total. The lowest BCUT2D eigenvalue weighted by molar-refractivity contribution is 0.400. The fourth-order valence-corrected chi connectivity index (χ4v) is 3.43. The topological polar surface area (TPSA) is 36.4 Å². The first-order valence-electron chi connectivity index (χ1n) is 7.33. The Kier molecular flexibility index (Phi) is 4.06. The minimum atomic E-state index is 0.870. The van der Waals surface area contributed by atoms with Crippen LogP contribution in [0.15, 0.2) is 22.5 Å². The monoisotopic (exact) mass is 277 g/mol. The molecule has 1 aromatic rings. The smallest absolute Gasteiger partial charge is 0.191 e. The molecule has 104 valence electrons. The molecule has 2 aliphatic carbocycles. The zero-order chi connectivity index (χ0) is 13.1. The summed E-state index contributed by atoms with van der Waals surface area (Å²) in [6.07, 6.45) is 5.79. The molecule has 0 bridgehead atoms. The Bertz CT molecular complexity index is 407. The summed E-state index contributed by atoms with van der Waals surface area (Å²) in [4.78, 5) is 5.67. The van der Waals surface area contributed by atoms with Gasteiger partial charge in [-0.3, -0.25) is 4.99 Å². The molecule has 2 fully saturated rings. The molecule has 0 aromatic carbocycles. The molecule has 2 N–H and O–H groups in total. The van der Waals surface area contributed by atoms with Crippen molar-refractivity contribution in [2.24, 2.45) is 22.7 Å². The maximum absolute atomic E-state index is 4.32. The van der Waals surface area contributed by atoms with Crippen LogP contribution in [-0.2, 0) is 6.54 Å². The van der Waals surface area contributed by atoms with Gasteiger partial charge in [0.2, 0.25) is 0 Å². The van der Waals surface area contributed by atoms with E-state index in [1.165, 1.54) is 30.6 Å². The van der Waals surface area contributed by atoms with E-state index in [1.807, 2.05) is 7.05 Å². The number of rotatable bonds is 6. The van der Waals surface area contributed by atoms with Gasteiger partial charge in [0.25, 0.3) is 0 Å². The lowest BCUT2D eigenvalue weighted by atomic mass is 9.98. The van der Waals surface area contributed by atoms with Gasteiger partial charge in [-0.05, 0) is 54.9 Å². The molecule has 0 radical (unpaired) electrons. The highest BCUT2D eigenvalue weighted by Crippen LogP contribution is 2.48. The van der Waals surface area contributed by atoms with Crippen LogP contribution in [0.5, 0.6) is 0 Å². The van der Waals surface area contributed by atoms with Gasteiger partial charge in [0.05, 0.1) is 6.54 Å². The average molecular weight is 277 g/mol. The van der Waals surface area contributed by atoms with E-state index in [1.54, 1.807) is 11.3 Å². The fraction of sp³-hybridized carbons (Fsp3) is 0.667. The summed E-state index contributed by atoms with van der Waals surface area (Å²) < 4.78 is 0. The van der Waals surface area contributed by atoms with Crippen molar-refractivity contribution in [2.75, 3.05) is 13.6 Å². The molecule has 0 spiro atoms. The predicted molar refractivity (Wildman–Crippen MR) is 81.5 cm³/mol. The number of nitrogens with zero attached hydrogens (tertiary/aromatic N) is 1. The Hall–Kier alpha value is -1.03. The number of thiophene rings is 1. The van der Waals surface area contributed by atoms with Gasteiger partial charge in [0.15, 0.2) is 5.96 Å². The molecule has 19 heavy (non-hydrogen) atoms. The van der Waals surface area contributed by atoms with Gasteiger partial charge >= 0.3 is 0 Å². The van der Waals surface area contributed by atoms with Crippen molar-refractivity contribution in [3.63, 3.8) is 0 Å². The van der Waals surface area contributed by atoms with Gasteiger partial charge in [-0.2, -0.15) is 0 Å². The minimum Gasteiger partial charge on any atom is -0.356 e. The normalized spacial score (nSPS) is 19.8. The summed E-state index contributed by atoms with van der Waals surface area (Å²) in [5, 5.41) is 9.03. The fourth-order valence-electron chi connectivity index (χ4n) is 2.79. The van der Waals surface area contributed by atoms with Gasteiger partial charge in [-0.25, -0.2) is 0 Å². The molecule has 3 rings (SSSR count). The number of nitrogens with one attached hydrogen (secondary N) is 2. The highest BCUT2D eigenvalue weighted by atomic mass is 32.1. The second-order valence-corrected chi connectivity index (χ2v) is 6.76. The molecular formula is C15H23N3S. The van der Waals surface area contributed by atoms with Crippen LogP contribution in [0.1, 0.15) is 30.6 Å². The first-order chi connectivity index (χ1) is 9.36. The van der Waals surface area contributed by atoms with Crippen LogP contribution in [0.4, 0.5) is 0 Å². The van der Waals surface area contributed by atoms with Gasteiger partial charge < -0.3 is 10.6 Å². The third-order valence-corrected chi connectivity index (χ3v) is 5.07. The largest absolute Gasteiger partial charge is 0.356 e. The molecule has 0 amide bonds. The first kappa shape index (κ1) is 13.0. The molecule has 0 unspecified atom stereocenters. The quantitative estimate of drug-likeness (QED) is 0.619. The molecule has 0 aliphatic heterocycles. The third-order valence-electron chi connectivity index (χ3n) is 4.19. The van der Waals surface area contributed by atoms with Crippen molar-refractivity contribution < 1.29 is 0 Å². The molecule has 1 heterocycles. The molecule has 1 aromatic heterocycles. The highest BCUT2D eigenvalue weighted by molar-refractivity contribution is 7.09. The minimum absolute atomic E-state index is 0.870. The zero-order valence-electron chi connectivity index (χ0n) is 11.6. The Morgan fingerprint density at radius 2 is 2.05 bits per heavy atom. The lowest BCUT2D eigenvalue weighted by Crippen LogP contribution is -2.40. The van der Waals surface area contributed by atoms with Gasteiger partial charge in [0, 0.05) is 18.5 Å². The molecule has 2 saturated carbocycles. The van der Waals surface area contributed by atoms with Crippen molar-refractivity contribution in [3.8, 4) is 0 Å². The molecule has 0 atom stereocenters. The Labute approximate surface area is 119 Å². The summed E-state index contributed by atoms with van der Waals surface area (Å²) in [5.74, 6) is 3.82. The predicted octanol–water partition coefficient (Wildman–Crippen LogP) is 2.85. The van der Waals surface area contributed by atoms with Crippen LogP contribution >= 0.6 is 11.3 Å². The number of hydrogen-bond acceptors (Lipinski definition) is 2. The summed E-state index contributed by atoms with van der Waals surface area (Å²) in [5.41, 5.74) is 0.